The number of rotatable bonds is 3. The Kier molecular flexibility index (Phi) is 3.39. The van der Waals surface area contributed by atoms with Gasteiger partial charge in [-0.25, -0.2) is 0 Å². The maximum absolute atomic E-state index is 9.28. The Hall–Kier alpha value is -3.07. The van der Waals surface area contributed by atoms with Crippen LogP contribution < -0.4 is 25.4 Å². The fourth-order valence-corrected chi connectivity index (χ4v) is 2.58. The Balaban J connectivity index is 2.01. The summed E-state index contributed by atoms with van der Waals surface area (Å²) in [5.74, 6) is 1.81. The van der Waals surface area contributed by atoms with Gasteiger partial charge in [0.05, 0.1) is 19.9 Å². The summed E-state index contributed by atoms with van der Waals surface area (Å²) in [6, 6.07) is 7.79. The number of benzene rings is 1. The standard InChI is InChI=1S/C16H16N4O2/c1-21-11-3-4-14(15(5-11)22-2)20-8-10-7-19-16(18)12(6-17)13(10)9-20/h3-5,7,9,19H,8,18H2,1-2H3. The van der Waals surface area contributed by atoms with Gasteiger partial charge in [-0.3, -0.25) is 0 Å². The van der Waals surface area contributed by atoms with Crippen LogP contribution in [0.2, 0.25) is 0 Å². The van der Waals surface area contributed by atoms with Gasteiger partial charge in [-0.15, -0.1) is 0 Å². The molecule has 0 aliphatic carbocycles. The summed E-state index contributed by atoms with van der Waals surface area (Å²) in [6.45, 7) is 0.642. The van der Waals surface area contributed by atoms with Gasteiger partial charge >= 0.3 is 0 Å². The number of nitrogens with one attached hydrogen (secondary N) is 1. The van der Waals surface area contributed by atoms with E-state index in [0.717, 1.165) is 22.6 Å². The van der Waals surface area contributed by atoms with E-state index in [1.807, 2.05) is 35.5 Å². The van der Waals surface area contributed by atoms with Crippen molar-refractivity contribution >= 4 is 5.69 Å². The number of nitrogens with zero attached hydrogens (tertiary/aromatic N) is 2. The third-order valence-corrected chi connectivity index (χ3v) is 3.72. The number of nitriles is 1. The minimum Gasteiger partial charge on any atom is -0.497 e. The summed E-state index contributed by atoms with van der Waals surface area (Å²) in [5.41, 5.74) is 9.06. The van der Waals surface area contributed by atoms with Crippen LogP contribution in [0.5, 0.6) is 11.5 Å². The van der Waals surface area contributed by atoms with E-state index in [9.17, 15) is 5.26 Å². The Morgan fingerprint density at radius 2 is 2.14 bits per heavy atom. The van der Waals surface area contributed by atoms with Crippen LogP contribution in [-0.2, 0) is 0 Å². The fraction of sp³-hybridized carbons (Fsp3) is 0.188. The van der Waals surface area contributed by atoms with Crippen molar-refractivity contribution in [3.63, 3.8) is 0 Å². The summed E-state index contributed by atoms with van der Waals surface area (Å²) >= 11 is 0. The molecule has 112 valence electrons. The van der Waals surface area contributed by atoms with Crippen LogP contribution in [-0.4, -0.2) is 20.8 Å². The van der Waals surface area contributed by atoms with Crippen molar-refractivity contribution in [2.45, 2.75) is 0 Å². The SMILES string of the molecule is COc1ccc(N2C=C3C(=CNC(N)=C3C#N)C2)c(OC)c1. The monoisotopic (exact) mass is 296 g/mol. The Bertz CT molecular complexity index is 756. The van der Waals surface area contributed by atoms with Gasteiger partial charge in [0.15, 0.2) is 0 Å². The molecule has 0 spiro atoms. The highest BCUT2D eigenvalue weighted by atomic mass is 16.5. The van der Waals surface area contributed by atoms with Gasteiger partial charge in [0, 0.05) is 30.6 Å². The van der Waals surface area contributed by atoms with E-state index in [0.29, 0.717) is 23.7 Å². The Labute approximate surface area is 128 Å². The van der Waals surface area contributed by atoms with Gasteiger partial charge in [-0.05, 0) is 17.7 Å². The van der Waals surface area contributed by atoms with E-state index in [1.54, 1.807) is 14.2 Å². The minimum atomic E-state index is 0.376. The molecule has 0 fully saturated rings. The summed E-state index contributed by atoms with van der Waals surface area (Å²) < 4.78 is 10.7. The molecule has 2 aliphatic rings. The maximum Gasteiger partial charge on any atom is 0.146 e. The second-order valence-electron chi connectivity index (χ2n) is 4.92. The highest BCUT2D eigenvalue weighted by Gasteiger charge is 2.27. The third kappa shape index (κ3) is 2.13. The average Bonchev–Trinajstić information content (AvgIpc) is 2.98. The van der Waals surface area contributed by atoms with Crippen LogP contribution in [0.1, 0.15) is 0 Å². The predicted molar refractivity (Wildman–Crippen MR) is 83.0 cm³/mol. The first kappa shape index (κ1) is 13.9. The molecule has 0 saturated carbocycles. The van der Waals surface area contributed by atoms with Gasteiger partial charge in [-0.1, -0.05) is 0 Å². The van der Waals surface area contributed by atoms with Crippen LogP contribution in [0.25, 0.3) is 0 Å². The zero-order chi connectivity index (χ0) is 15.7. The van der Waals surface area contributed by atoms with E-state index in [2.05, 4.69) is 11.4 Å². The van der Waals surface area contributed by atoms with Gasteiger partial charge in [0.25, 0.3) is 0 Å². The second kappa shape index (κ2) is 5.37. The van der Waals surface area contributed by atoms with Crippen LogP contribution >= 0.6 is 0 Å². The van der Waals surface area contributed by atoms with Gasteiger partial charge in [0.2, 0.25) is 0 Å². The molecule has 6 nitrogen and oxygen atoms in total. The van der Waals surface area contributed by atoms with Crippen molar-refractivity contribution in [2.24, 2.45) is 5.73 Å². The normalized spacial score (nSPS) is 16.3. The number of hydrogen-bond donors (Lipinski definition) is 2. The number of ether oxygens (including phenoxy) is 2. The van der Waals surface area contributed by atoms with E-state index in [1.165, 1.54) is 0 Å². The largest absolute Gasteiger partial charge is 0.497 e. The van der Waals surface area contributed by atoms with Crippen molar-refractivity contribution in [3.05, 3.63) is 53.1 Å². The van der Waals surface area contributed by atoms with Gasteiger partial charge in [-0.2, -0.15) is 5.26 Å². The molecule has 3 rings (SSSR count). The molecule has 0 unspecified atom stereocenters. The molecule has 0 amide bonds. The molecule has 3 N–H and O–H groups in total. The number of allylic oxidation sites excluding steroid dienone is 1. The quantitative estimate of drug-likeness (QED) is 0.881. The number of anilines is 1. The third-order valence-electron chi connectivity index (χ3n) is 3.72. The molecule has 0 aromatic heterocycles. The van der Waals surface area contributed by atoms with Crippen LogP contribution in [0.3, 0.4) is 0 Å². The summed E-state index contributed by atoms with van der Waals surface area (Å²) in [5, 5.41) is 12.2. The highest BCUT2D eigenvalue weighted by Crippen LogP contribution is 2.38. The zero-order valence-corrected chi connectivity index (χ0v) is 12.4. The lowest BCUT2D eigenvalue weighted by atomic mass is 10.0. The van der Waals surface area contributed by atoms with Crippen molar-refractivity contribution in [1.82, 2.24) is 5.32 Å². The number of fused-ring (bicyclic) bond motifs is 1. The number of nitrogens with two attached hydrogens (primary N) is 1. The average molecular weight is 296 g/mol. The molecule has 0 saturated heterocycles. The first-order valence-corrected chi connectivity index (χ1v) is 6.74. The smallest absolute Gasteiger partial charge is 0.146 e. The molecule has 2 aliphatic heterocycles. The van der Waals surface area contributed by atoms with Crippen molar-refractivity contribution in [3.8, 4) is 17.6 Å². The predicted octanol–water partition coefficient (Wildman–Crippen LogP) is 1.59. The van der Waals surface area contributed by atoms with Crippen molar-refractivity contribution in [2.75, 3.05) is 25.7 Å². The number of dihydropyridines is 1. The molecule has 2 heterocycles. The Morgan fingerprint density at radius 3 is 2.82 bits per heavy atom. The minimum absolute atomic E-state index is 0.376. The molecular formula is C16H16N4O2. The van der Waals surface area contributed by atoms with Gasteiger partial charge < -0.3 is 25.4 Å². The zero-order valence-electron chi connectivity index (χ0n) is 12.4. The molecule has 0 atom stereocenters. The number of hydrogen-bond acceptors (Lipinski definition) is 6. The van der Waals surface area contributed by atoms with Crippen molar-refractivity contribution in [1.29, 1.82) is 5.26 Å². The molecule has 1 aromatic rings. The van der Waals surface area contributed by atoms with Crippen LogP contribution in [0.15, 0.2) is 53.1 Å². The second-order valence-corrected chi connectivity index (χ2v) is 4.92. The first-order valence-electron chi connectivity index (χ1n) is 6.74. The number of methoxy groups -OCH3 is 2. The van der Waals surface area contributed by atoms with E-state index < -0.39 is 0 Å². The van der Waals surface area contributed by atoms with Crippen LogP contribution in [0.4, 0.5) is 5.69 Å². The lowest BCUT2D eigenvalue weighted by Gasteiger charge is -2.19. The van der Waals surface area contributed by atoms with Crippen molar-refractivity contribution < 1.29 is 9.47 Å². The van der Waals surface area contributed by atoms with E-state index >= 15 is 0 Å². The van der Waals surface area contributed by atoms with Crippen LogP contribution in [0, 0.1) is 11.3 Å². The molecule has 0 radical (unpaired) electrons. The van der Waals surface area contributed by atoms with Gasteiger partial charge in [0.1, 0.15) is 29.0 Å². The molecule has 6 heteroatoms. The fourth-order valence-electron chi connectivity index (χ4n) is 2.58. The highest BCUT2D eigenvalue weighted by molar-refractivity contribution is 5.71. The van der Waals surface area contributed by atoms with E-state index in [4.69, 9.17) is 15.2 Å². The topological polar surface area (TPSA) is 83.5 Å². The summed E-state index contributed by atoms with van der Waals surface area (Å²) in [7, 11) is 3.23. The Morgan fingerprint density at radius 1 is 1.32 bits per heavy atom. The lowest BCUT2D eigenvalue weighted by molar-refractivity contribution is 0.395. The first-order chi connectivity index (χ1) is 10.7. The molecule has 22 heavy (non-hydrogen) atoms. The molecule has 0 bridgehead atoms. The van der Waals surface area contributed by atoms with E-state index in [-0.39, 0.29) is 0 Å². The summed E-state index contributed by atoms with van der Waals surface area (Å²) in [4.78, 5) is 2.02. The maximum atomic E-state index is 9.28. The summed E-state index contributed by atoms with van der Waals surface area (Å²) in [6.07, 6.45) is 3.75. The molecular weight excluding hydrogens is 280 g/mol. The molecule has 1 aromatic carbocycles. The lowest BCUT2D eigenvalue weighted by Crippen LogP contribution is -2.22.